The second kappa shape index (κ2) is 10.5. The van der Waals surface area contributed by atoms with E-state index in [9.17, 15) is 18.4 Å². The van der Waals surface area contributed by atoms with E-state index in [1.807, 2.05) is 17.9 Å². The number of pyridine rings is 2. The minimum Gasteiger partial charge on any atom is -0.366 e. The lowest BCUT2D eigenvalue weighted by Crippen LogP contribution is -2.46. The van der Waals surface area contributed by atoms with Crippen molar-refractivity contribution in [3.8, 4) is 0 Å². The van der Waals surface area contributed by atoms with E-state index in [0.29, 0.717) is 61.3 Å². The first-order chi connectivity index (χ1) is 18.1. The number of benzene rings is 1. The number of carbonyl (C=O) groups is 1. The Bertz CT molecular complexity index is 1420. The first kappa shape index (κ1) is 26.5. The van der Waals surface area contributed by atoms with Gasteiger partial charge in [0, 0.05) is 62.2 Å². The molecule has 4 heterocycles. The Labute approximate surface area is 222 Å². The van der Waals surface area contributed by atoms with E-state index < -0.39 is 24.2 Å². The van der Waals surface area contributed by atoms with Crippen LogP contribution in [0.25, 0.3) is 10.9 Å². The number of nitrogens with one attached hydrogen (secondary N) is 2. The summed E-state index contributed by atoms with van der Waals surface area (Å²) in [6, 6.07) is 8.54. The molecule has 202 valence electrons. The second-order valence-electron chi connectivity index (χ2n) is 9.72. The molecular formula is C26H28ClF3N6O2. The normalized spacial score (nSPS) is 18.3. The maximum Gasteiger partial charge on any atom is 0.284 e. The molecule has 0 aliphatic carbocycles. The van der Waals surface area contributed by atoms with Crippen LogP contribution in [0.5, 0.6) is 0 Å². The number of halogens is 4. The highest BCUT2D eigenvalue weighted by Crippen LogP contribution is 2.28. The Morgan fingerprint density at radius 3 is 2.55 bits per heavy atom. The summed E-state index contributed by atoms with van der Waals surface area (Å²) in [5.41, 5.74) is 4.25. The maximum atomic E-state index is 15.2. The van der Waals surface area contributed by atoms with Gasteiger partial charge >= 0.3 is 0 Å². The Morgan fingerprint density at radius 1 is 1.13 bits per heavy atom. The minimum absolute atomic E-state index is 0.0449. The van der Waals surface area contributed by atoms with E-state index in [2.05, 4.69) is 20.3 Å². The molecule has 0 spiro atoms. The van der Waals surface area contributed by atoms with Crippen LogP contribution in [-0.2, 0) is 13.0 Å². The maximum absolute atomic E-state index is 15.2. The van der Waals surface area contributed by atoms with Gasteiger partial charge in [0.25, 0.3) is 17.4 Å². The van der Waals surface area contributed by atoms with Crippen LogP contribution in [-0.4, -0.2) is 71.0 Å². The van der Waals surface area contributed by atoms with E-state index >= 15 is 4.39 Å². The standard InChI is InChI=1S/C26H28ClF3N6O2/c1-2-16-13-17-3-4-18(21(28)22(17)32-24(16)37)14-34-9-11-35(12-10-34)20-6-5-19(31-23(20)27)25(38)33-36-8-7-26(29,30)15-36/h3-6,13H,2,7-12,14-15H2,1H3,(H,32,37)(H,33,38). The van der Waals surface area contributed by atoms with Gasteiger partial charge in [0.05, 0.1) is 17.7 Å². The average Bonchev–Trinajstić information content (AvgIpc) is 3.24. The number of carbonyl (C=O) groups excluding carboxylic acids is 1. The highest BCUT2D eigenvalue weighted by atomic mass is 35.5. The monoisotopic (exact) mass is 548 g/mol. The fourth-order valence-corrected chi connectivity index (χ4v) is 5.20. The van der Waals surface area contributed by atoms with Gasteiger partial charge in [-0.25, -0.2) is 23.2 Å². The smallest absolute Gasteiger partial charge is 0.284 e. The van der Waals surface area contributed by atoms with Crippen molar-refractivity contribution in [3.05, 3.63) is 68.5 Å². The predicted molar refractivity (Wildman–Crippen MR) is 139 cm³/mol. The number of alkyl halides is 2. The fourth-order valence-electron chi connectivity index (χ4n) is 4.92. The number of aromatic nitrogens is 2. The molecule has 1 aromatic carbocycles. The van der Waals surface area contributed by atoms with Crippen molar-refractivity contribution in [1.29, 1.82) is 0 Å². The zero-order valence-electron chi connectivity index (χ0n) is 20.9. The van der Waals surface area contributed by atoms with Crippen LogP contribution in [0.3, 0.4) is 0 Å². The van der Waals surface area contributed by atoms with Crippen molar-refractivity contribution in [3.63, 3.8) is 0 Å². The van der Waals surface area contributed by atoms with Crippen LogP contribution in [0.1, 0.15) is 35.0 Å². The van der Waals surface area contributed by atoms with Crippen molar-refractivity contribution < 1.29 is 18.0 Å². The van der Waals surface area contributed by atoms with E-state index in [4.69, 9.17) is 11.6 Å². The van der Waals surface area contributed by atoms with Gasteiger partial charge in [-0.2, -0.15) is 0 Å². The number of aryl methyl sites for hydroxylation is 1. The molecule has 8 nitrogen and oxygen atoms in total. The summed E-state index contributed by atoms with van der Waals surface area (Å²) in [5.74, 6) is -3.82. The molecule has 0 bridgehead atoms. The summed E-state index contributed by atoms with van der Waals surface area (Å²) in [5, 5.41) is 2.00. The molecule has 2 N–H and O–H groups in total. The van der Waals surface area contributed by atoms with E-state index in [1.54, 1.807) is 18.2 Å². The third kappa shape index (κ3) is 5.50. The molecule has 0 radical (unpaired) electrons. The summed E-state index contributed by atoms with van der Waals surface area (Å²) < 4.78 is 41.9. The number of aromatic amines is 1. The van der Waals surface area contributed by atoms with Gasteiger partial charge in [-0.3, -0.25) is 19.9 Å². The van der Waals surface area contributed by atoms with Crippen LogP contribution < -0.4 is 15.9 Å². The third-order valence-corrected chi connectivity index (χ3v) is 7.37. The highest BCUT2D eigenvalue weighted by molar-refractivity contribution is 6.32. The van der Waals surface area contributed by atoms with Gasteiger partial charge in [0.15, 0.2) is 11.0 Å². The van der Waals surface area contributed by atoms with Gasteiger partial charge in [-0.05, 0) is 24.6 Å². The van der Waals surface area contributed by atoms with Crippen molar-refractivity contribution in [2.75, 3.05) is 44.2 Å². The topological polar surface area (TPSA) is 84.6 Å². The number of hydrogen-bond donors (Lipinski definition) is 2. The molecule has 3 aromatic rings. The lowest BCUT2D eigenvalue weighted by molar-refractivity contribution is 0.00699. The molecule has 12 heteroatoms. The van der Waals surface area contributed by atoms with Crippen molar-refractivity contribution in [1.82, 2.24) is 25.3 Å². The third-order valence-electron chi connectivity index (χ3n) is 7.09. The average molecular weight is 549 g/mol. The number of hydrazine groups is 1. The van der Waals surface area contributed by atoms with Crippen LogP contribution in [0.2, 0.25) is 5.15 Å². The Kier molecular flexibility index (Phi) is 7.34. The van der Waals surface area contributed by atoms with Crippen LogP contribution in [0.15, 0.2) is 35.1 Å². The van der Waals surface area contributed by atoms with Gasteiger partial charge in [-0.15, -0.1) is 0 Å². The molecule has 2 aliphatic rings. The quantitative estimate of drug-likeness (QED) is 0.458. The number of amides is 1. The highest BCUT2D eigenvalue weighted by Gasteiger charge is 2.39. The van der Waals surface area contributed by atoms with Crippen LogP contribution in [0.4, 0.5) is 18.9 Å². The molecule has 1 amide bonds. The number of H-pyrrole nitrogens is 1. The first-order valence-electron chi connectivity index (χ1n) is 12.5. The van der Waals surface area contributed by atoms with Gasteiger partial charge in [-0.1, -0.05) is 30.7 Å². The minimum atomic E-state index is -2.82. The molecule has 2 fully saturated rings. The van der Waals surface area contributed by atoms with Gasteiger partial charge in [0.1, 0.15) is 5.69 Å². The zero-order chi connectivity index (χ0) is 27.0. The second-order valence-corrected chi connectivity index (χ2v) is 10.1. The molecule has 0 atom stereocenters. The van der Waals surface area contributed by atoms with E-state index in [1.165, 1.54) is 11.1 Å². The summed E-state index contributed by atoms with van der Waals surface area (Å²) in [4.78, 5) is 35.6. The van der Waals surface area contributed by atoms with Crippen molar-refractivity contribution in [2.45, 2.75) is 32.2 Å². The largest absolute Gasteiger partial charge is 0.366 e. The number of piperazine rings is 1. The molecular weight excluding hydrogens is 521 g/mol. The van der Waals surface area contributed by atoms with Crippen LogP contribution >= 0.6 is 11.6 Å². The Morgan fingerprint density at radius 2 is 1.89 bits per heavy atom. The number of nitrogens with zero attached hydrogens (tertiary/aromatic N) is 4. The number of hydrogen-bond acceptors (Lipinski definition) is 6. The first-order valence-corrected chi connectivity index (χ1v) is 12.9. The number of fused-ring (bicyclic) bond motifs is 1. The molecule has 2 aromatic heterocycles. The van der Waals surface area contributed by atoms with Crippen molar-refractivity contribution >= 4 is 34.1 Å². The SMILES string of the molecule is CCc1cc2ccc(CN3CCN(c4ccc(C(=O)NN5CCC(F)(F)C5)nc4Cl)CC3)c(F)c2[nH]c1=O. The molecule has 2 saturated heterocycles. The lowest BCUT2D eigenvalue weighted by atomic mass is 10.1. The Hall–Kier alpha value is -3.15. The van der Waals surface area contributed by atoms with Gasteiger partial charge in [0.2, 0.25) is 0 Å². The number of anilines is 1. The van der Waals surface area contributed by atoms with Crippen LogP contribution in [0, 0.1) is 5.82 Å². The number of rotatable bonds is 6. The van der Waals surface area contributed by atoms with Gasteiger partial charge < -0.3 is 9.88 Å². The van der Waals surface area contributed by atoms with E-state index in [0.717, 1.165) is 0 Å². The zero-order valence-corrected chi connectivity index (χ0v) is 21.6. The molecule has 0 saturated carbocycles. The molecule has 38 heavy (non-hydrogen) atoms. The van der Waals surface area contributed by atoms with Crippen molar-refractivity contribution in [2.24, 2.45) is 0 Å². The molecule has 2 aliphatic heterocycles. The summed E-state index contributed by atoms with van der Waals surface area (Å²) >= 11 is 6.39. The molecule has 5 rings (SSSR count). The fraction of sp³-hybridized carbons (Fsp3) is 0.423. The predicted octanol–water partition coefficient (Wildman–Crippen LogP) is 3.59. The Balaban J connectivity index is 1.20. The van der Waals surface area contributed by atoms with E-state index in [-0.39, 0.29) is 34.9 Å². The summed E-state index contributed by atoms with van der Waals surface area (Å²) in [6.07, 6.45) is 0.272. The summed E-state index contributed by atoms with van der Waals surface area (Å²) in [7, 11) is 0. The lowest BCUT2D eigenvalue weighted by Gasteiger charge is -2.36. The summed E-state index contributed by atoms with van der Waals surface area (Å²) in [6.45, 7) is 4.33. The molecule has 0 unspecified atom stereocenters.